The molecule has 0 fully saturated rings. The number of phosphoric ester groups is 1. The summed E-state index contributed by atoms with van der Waals surface area (Å²) in [6, 6.07) is 0. The molecule has 1 amide bonds. The van der Waals surface area contributed by atoms with Gasteiger partial charge in [-0.15, -0.1) is 0 Å². The molecule has 0 saturated heterocycles. The summed E-state index contributed by atoms with van der Waals surface area (Å²) in [7, 11) is -5.25. The Labute approximate surface area is 305 Å². The molecular weight excluding hydrogens is 595 g/mol. The van der Waals surface area contributed by atoms with Gasteiger partial charge in [-0.25, -0.2) is 0 Å². The Hall–Kier alpha value is 0.520. The zero-order valence-electron chi connectivity index (χ0n) is 27.7. The van der Waals surface area contributed by atoms with Crippen LogP contribution in [0.3, 0.4) is 0 Å². The van der Waals surface area contributed by atoms with Gasteiger partial charge >= 0.3 is 71.1 Å². The molecule has 0 radical (unpaired) electrons. The van der Waals surface area contributed by atoms with E-state index in [0.29, 0.717) is 12.8 Å². The second-order valence-electron chi connectivity index (χ2n) is 10.9. The third-order valence-electron chi connectivity index (χ3n) is 6.81. The predicted octanol–water partition coefficient (Wildman–Crippen LogP) is -0.357. The Morgan fingerprint density at radius 1 is 0.651 bits per heavy atom. The summed E-state index contributed by atoms with van der Waals surface area (Å²) in [4.78, 5) is 56.8. The van der Waals surface area contributed by atoms with Gasteiger partial charge in [-0.1, -0.05) is 110 Å². The van der Waals surface area contributed by atoms with Gasteiger partial charge in [-0.3, -0.25) is 14.4 Å². The van der Waals surface area contributed by atoms with Gasteiger partial charge in [0.05, 0.1) is 14.4 Å². The average Bonchev–Trinajstić information content (AvgIpc) is 2.91. The van der Waals surface area contributed by atoms with Crippen molar-refractivity contribution in [3.63, 3.8) is 0 Å². The number of rotatable bonds is 29. The van der Waals surface area contributed by atoms with Gasteiger partial charge in [0.25, 0.3) is 0 Å². The fraction of sp³-hybridized carbons (Fsp3) is 0.900. The van der Waals surface area contributed by atoms with Crippen LogP contribution in [0.2, 0.25) is 0 Å². The van der Waals surface area contributed by atoms with Crippen LogP contribution in [0.15, 0.2) is 0 Å². The van der Waals surface area contributed by atoms with E-state index < -0.39 is 32.5 Å². The molecule has 0 bridgehead atoms. The molecule has 0 aromatic carbocycles. The van der Waals surface area contributed by atoms with Crippen LogP contribution in [-0.4, -0.2) is 43.7 Å². The number of hydrogen-bond acceptors (Lipinski definition) is 9. The van der Waals surface area contributed by atoms with Crippen molar-refractivity contribution in [2.24, 2.45) is 0 Å². The molecule has 1 N–H and O–H groups in total. The quantitative estimate of drug-likeness (QED) is 0.0495. The first-order chi connectivity index (χ1) is 19.6. The Bertz CT molecular complexity index is 726. The first kappa shape index (κ1) is 47.9. The van der Waals surface area contributed by atoms with Gasteiger partial charge in [0.1, 0.15) is 6.61 Å². The fourth-order valence-electron chi connectivity index (χ4n) is 4.45. The van der Waals surface area contributed by atoms with E-state index >= 15 is 0 Å². The van der Waals surface area contributed by atoms with E-state index in [1.807, 2.05) is 0 Å². The van der Waals surface area contributed by atoms with Crippen molar-refractivity contribution in [1.82, 2.24) is 5.32 Å². The van der Waals surface area contributed by atoms with Crippen molar-refractivity contribution in [2.45, 2.75) is 155 Å². The number of amides is 1. The van der Waals surface area contributed by atoms with E-state index in [4.69, 9.17) is 9.47 Å². The molecule has 0 spiro atoms. The molecule has 0 rings (SSSR count). The van der Waals surface area contributed by atoms with E-state index in [-0.39, 0.29) is 84.5 Å². The summed E-state index contributed by atoms with van der Waals surface area (Å²) < 4.78 is 25.5. The molecule has 0 heterocycles. The smallest absolute Gasteiger partial charge is 0.790 e. The van der Waals surface area contributed by atoms with Gasteiger partial charge in [-0.2, -0.15) is 0 Å². The van der Waals surface area contributed by atoms with E-state index in [1.54, 1.807) is 0 Å². The van der Waals surface area contributed by atoms with Crippen LogP contribution in [0.25, 0.3) is 0 Å². The predicted molar refractivity (Wildman–Crippen MR) is 156 cm³/mol. The maximum Gasteiger partial charge on any atom is 1.00 e. The van der Waals surface area contributed by atoms with Crippen LogP contribution in [0.5, 0.6) is 0 Å². The topological polar surface area (TPSA) is 154 Å². The summed E-state index contributed by atoms with van der Waals surface area (Å²) >= 11 is 0. The molecule has 43 heavy (non-hydrogen) atoms. The van der Waals surface area contributed by atoms with E-state index in [0.717, 1.165) is 77.2 Å². The summed E-state index contributed by atoms with van der Waals surface area (Å²) in [5.74, 6) is -0.989. The molecule has 0 saturated carbocycles. The number of carbonyl (C=O) groups is 3. The largest absolute Gasteiger partial charge is 1.00 e. The minimum absolute atomic E-state index is 0. The number of hydrogen-bond donors (Lipinski definition) is 1. The Balaban J connectivity index is -0.00000800. The maximum absolute atomic E-state index is 12.2. The minimum Gasteiger partial charge on any atom is -0.790 e. The molecule has 13 heteroatoms. The van der Waals surface area contributed by atoms with Crippen LogP contribution in [-0.2, 0) is 32.9 Å². The summed E-state index contributed by atoms with van der Waals surface area (Å²) in [6.45, 7) is 3.43. The molecule has 10 nitrogen and oxygen atoms in total. The first-order valence-corrected chi connectivity index (χ1v) is 17.4. The third kappa shape index (κ3) is 38.6. The molecule has 0 unspecified atom stereocenters. The zero-order chi connectivity index (χ0) is 30.6. The van der Waals surface area contributed by atoms with E-state index in [2.05, 4.69) is 16.8 Å². The number of nitrogens with one attached hydrogen (secondary N) is 1. The second kappa shape index (κ2) is 33.9. The monoisotopic (exact) mass is 651 g/mol. The Kier molecular flexibility index (Phi) is 37.7. The van der Waals surface area contributed by atoms with Gasteiger partial charge in [0, 0.05) is 26.3 Å². The van der Waals surface area contributed by atoms with Crippen molar-refractivity contribution in [3.05, 3.63) is 0 Å². The number of esters is 2. The first-order valence-electron chi connectivity index (χ1n) is 15.9. The van der Waals surface area contributed by atoms with Crippen LogP contribution in [0, 0.1) is 0 Å². The normalized spacial score (nSPS) is 11.6. The van der Waals surface area contributed by atoms with E-state index in [1.165, 1.54) is 45.4 Å². The van der Waals surface area contributed by atoms with Gasteiger partial charge in [0.2, 0.25) is 5.91 Å². The van der Waals surface area contributed by atoms with Crippen LogP contribution < -0.4 is 74.2 Å². The second-order valence-corrected chi connectivity index (χ2v) is 12.0. The Morgan fingerprint density at radius 3 is 1.51 bits per heavy atom. The third-order valence-corrected chi connectivity index (χ3v) is 7.28. The number of unbranched alkanes of at least 4 members (excludes halogenated alkanes) is 17. The van der Waals surface area contributed by atoms with Crippen LogP contribution in [0.1, 0.15) is 149 Å². The maximum atomic E-state index is 12.2. The van der Waals surface area contributed by atoms with Crippen molar-refractivity contribution in [3.8, 4) is 0 Å². The van der Waals surface area contributed by atoms with Crippen molar-refractivity contribution in [1.29, 1.82) is 0 Å². The molecule has 0 aliphatic heterocycles. The molecule has 0 aromatic rings. The van der Waals surface area contributed by atoms with Crippen LogP contribution in [0.4, 0.5) is 0 Å². The number of carbonyl (C=O) groups excluding carboxylic acids is 3. The van der Waals surface area contributed by atoms with Crippen molar-refractivity contribution in [2.75, 3.05) is 19.8 Å². The standard InChI is InChI=1S/C30H58NO9P.2Na/c1-3-4-5-6-7-8-10-14-17-20-23-30(34)40-28(26-39-41(35,36)37)25-38-29(33)22-19-16-13-11-9-12-15-18-21-24-31-27(2)32;;/h28H,3-26H2,1-2H3,(H,31,32)(H2,35,36,37);;/q;2*+1/p-2/t28-;;/m1../s1. The molecule has 0 aromatic heterocycles. The number of ether oxygens (including phenoxy) is 2. The average molecular weight is 652 g/mol. The van der Waals surface area contributed by atoms with Gasteiger partial charge in [0.15, 0.2) is 6.10 Å². The zero-order valence-corrected chi connectivity index (χ0v) is 32.6. The SMILES string of the molecule is CCCCCCCCCCCCC(=O)O[C@H](COC(=O)CCCCCCCCCCCNC(C)=O)COP(=O)([O-])[O-].[Na+].[Na+]. The summed E-state index contributed by atoms with van der Waals surface area (Å²) in [6.07, 6.45) is 19.8. The van der Waals surface area contributed by atoms with Gasteiger partial charge < -0.3 is 33.7 Å². The minimum atomic E-state index is -5.25. The molecule has 0 aliphatic rings. The van der Waals surface area contributed by atoms with Gasteiger partial charge in [-0.05, 0) is 19.3 Å². The molecule has 242 valence electrons. The summed E-state index contributed by atoms with van der Waals surface area (Å²) in [5, 5.41) is 2.79. The molecular formula is C30H56NNa2O9P. The van der Waals surface area contributed by atoms with Crippen LogP contribution >= 0.6 is 7.82 Å². The van der Waals surface area contributed by atoms with Crippen molar-refractivity contribution >= 4 is 25.7 Å². The molecule has 1 atom stereocenters. The van der Waals surface area contributed by atoms with E-state index in [9.17, 15) is 28.7 Å². The molecule has 0 aliphatic carbocycles. The Morgan fingerprint density at radius 2 is 1.07 bits per heavy atom. The fourth-order valence-corrected chi connectivity index (χ4v) is 4.80. The number of phosphoric acid groups is 1. The summed E-state index contributed by atoms with van der Waals surface area (Å²) in [5.41, 5.74) is 0. The van der Waals surface area contributed by atoms with Crippen molar-refractivity contribution < 1.29 is 102 Å².